The Hall–Kier alpha value is -1.13. The number of fused-ring (bicyclic) bond motifs is 1. The lowest BCUT2D eigenvalue weighted by atomic mass is 10.2. The van der Waals surface area contributed by atoms with E-state index in [1.807, 2.05) is 0 Å². The van der Waals surface area contributed by atoms with Crippen molar-refractivity contribution in [2.24, 2.45) is 0 Å². The van der Waals surface area contributed by atoms with E-state index in [4.69, 9.17) is 9.47 Å². The fraction of sp³-hybridized carbons (Fsp3) is 0.500. The van der Waals surface area contributed by atoms with Gasteiger partial charge in [-0.3, -0.25) is 0 Å². The fourth-order valence-electron chi connectivity index (χ4n) is 1.42. The number of carbonyl (C=O) groups is 1. The monoisotopic (exact) mass is 196 g/mol. The van der Waals surface area contributed by atoms with Crippen LogP contribution in [-0.4, -0.2) is 35.5 Å². The van der Waals surface area contributed by atoms with Gasteiger partial charge in [0.15, 0.2) is 0 Å². The Morgan fingerprint density at radius 1 is 1.36 bits per heavy atom. The smallest absolute Gasteiger partial charge is 0.330 e. The van der Waals surface area contributed by atoms with Crippen LogP contribution >= 0.6 is 0 Å². The Labute approximate surface area is 81.8 Å². The number of aliphatic hydroxyl groups excluding tert-OH is 1. The number of cyclic esters (lactones) is 1. The van der Waals surface area contributed by atoms with Crippen LogP contribution in [0.2, 0.25) is 0 Å². The minimum Gasteiger partial charge on any atom is -0.457 e. The van der Waals surface area contributed by atoms with E-state index in [0.29, 0.717) is 0 Å². The van der Waals surface area contributed by atoms with Crippen LogP contribution in [0.1, 0.15) is 6.92 Å². The zero-order valence-corrected chi connectivity index (χ0v) is 7.79. The van der Waals surface area contributed by atoms with Crippen LogP contribution in [0.5, 0.6) is 0 Å². The Morgan fingerprint density at radius 3 is 2.93 bits per heavy atom. The predicted octanol–water partition coefficient (Wildman–Crippen LogP) is 0.172. The third-order valence-electron chi connectivity index (χ3n) is 2.25. The molecule has 4 atom stereocenters. The second-order valence-electron chi connectivity index (χ2n) is 3.44. The van der Waals surface area contributed by atoms with E-state index in [0.717, 1.165) is 0 Å². The van der Waals surface area contributed by atoms with Crippen LogP contribution in [0, 0.1) is 0 Å². The molecule has 14 heavy (non-hydrogen) atoms. The SMILES string of the molecule is C[C@H]1OC(=O)/C=C\[C@@H](O)/C=C/[C@H]2O[C@H]12. The number of rotatable bonds is 0. The summed E-state index contributed by atoms with van der Waals surface area (Å²) in [5, 5.41) is 9.31. The maximum atomic E-state index is 11.1. The molecule has 2 aliphatic rings. The number of hydrogen-bond acceptors (Lipinski definition) is 4. The van der Waals surface area contributed by atoms with E-state index in [-0.39, 0.29) is 18.3 Å². The molecule has 1 fully saturated rings. The number of epoxide rings is 1. The van der Waals surface area contributed by atoms with Gasteiger partial charge in [-0.25, -0.2) is 4.79 Å². The fourth-order valence-corrected chi connectivity index (χ4v) is 1.42. The highest BCUT2D eigenvalue weighted by Crippen LogP contribution is 2.28. The second-order valence-corrected chi connectivity index (χ2v) is 3.44. The average Bonchev–Trinajstić information content (AvgIpc) is 2.89. The van der Waals surface area contributed by atoms with Crippen molar-refractivity contribution < 1.29 is 19.4 Å². The van der Waals surface area contributed by atoms with E-state index in [1.165, 1.54) is 12.2 Å². The molecular weight excluding hydrogens is 184 g/mol. The normalized spacial score (nSPS) is 46.0. The molecule has 0 spiro atoms. The summed E-state index contributed by atoms with van der Waals surface area (Å²) in [6.07, 6.45) is 4.93. The number of hydrogen-bond donors (Lipinski definition) is 1. The summed E-state index contributed by atoms with van der Waals surface area (Å²) >= 11 is 0. The molecule has 2 aliphatic heterocycles. The van der Waals surface area contributed by atoms with Crippen LogP contribution in [0.3, 0.4) is 0 Å². The highest BCUT2D eigenvalue weighted by molar-refractivity contribution is 5.82. The molecule has 0 unspecified atom stereocenters. The molecule has 76 valence electrons. The van der Waals surface area contributed by atoms with Crippen molar-refractivity contribution in [3.63, 3.8) is 0 Å². The maximum Gasteiger partial charge on any atom is 0.330 e. The minimum absolute atomic E-state index is 0.0288. The van der Waals surface area contributed by atoms with Gasteiger partial charge in [-0.1, -0.05) is 12.2 Å². The average molecular weight is 196 g/mol. The van der Waals surface area contributed by atoms with Gasteiger partial charge < -0.3 is 14.6 Å². The van der Waals surface area contributed by atoms with Crippen LogP contribution in [0.25, 0.3) is 0 Å². The molecule has 2 rings (SSSR count). The van der Waals surface area contributed by atoms with Gasteiger partial charge >= 0.3 is 5.97 Å². The number of aliphatic hydroxyl groups is 1. The van der Waals surface area contributed by atoms with Crippen molar-refractivity contribution in [3.05, 3.63) is 24.3 Å². The Bertz CT molecular complexity index is 294. The molecule has 2 heterocycles. The van der Waals surface area contributed by atoms with Gasteiger partial charge in [0.1, 0.15) is 18.3 Å². The lowest BCUT2D eigenvalue weighted by Crippen LogP contribution is -2.21. The highest BCUT2D eigenvalue weighted by atomic mass is 16.6. The molecule has 0 saturated carbocycles. The van der Waals surface area contributed by atoms with E-state index in [9.17, 15) is 9.90 Å². The summed E-state index contributed by atoms with van der Waals surface area (Å²) in [7, 11) is 0. The summed E-state index contributed by atoms with van der Waals surface area (Å²) in [4.78, 5) is 11.1. The zero-order valence-electron chi connectivity index (χ0n) is 7.79. The zero-order chi connectivity index (χ0) is 10.1. The van der Waals surface area contributed by atoms with Crippen LogP contribution in [-0.2, 0) is 14.3 Å². The topological polar surface area (TPSA) is 59.1 Å². The van der Waals surface area contributed by atoms with Gasteiger partial charge in [0.25, 0.3) is 0 Å². The van der Waals surface area contributed by atoms with Gasteiger partial charge in [-0.05, 0) is 13.0 Å². The van der Waals surface area contributed by atoms with Crippen molar-refractivity contribution >= 4 is 5.97 Å². The largest absolute Gasteiger partial charge is 0.457 e. The van der Waals surface area contributed by atoms with E-state index < -0.39 is 12.1 Å². The number of ether oxygens (including phenoxy) is 2. The molecule has 0 aromatic rings. The van der Waals surface area contributed by atoms with E-state index >= 15 is 0 Å². The molecule has 0 radical (unpaired) electrons. The maximum absolute atomic E-state index is 11.1. The lowest BCUT2D eigenvalue weighted by Gasteiger charge is -2.09. The molecular formula is C10H12O4. The van der Waals surface area contributed by atoms with Crippen molar-refractivity contribution in [2.75, 3.05) is 0 Å². The Morgan fingerprint density at radius 2 is 2.14 bits per heavy atom. The molecule has 1 N–H and O–H groups in total. The molecule has 0 aliphatic carbocycles. The van der Waals surface area contributed by atoms with Gasteiger partial charge in [0.05, 0.1) is 6.10 Å². The second kappa shape index (κ2) is 3.55. The van der Waals surface area contributed by atoms with E-state index in [1.54, 1.807) is 19.1 Å². The summed E-state index contributed by atoms with van der Waals surface area (Å²) in [6, 6.07) is 0. The van der Waals surface area contributed by atoms with Crippen molar-refractivity contribution in [3.8, 4) is 0 Å². The first-order valence-corrected chi connectivity index (χ1v) is 4.57. The lowest BCUT2D eigenvalue weighted by molar-refractivity contribution is -0.143. The summed E-state index contributed by atoms with van der Waals surface area (Å²) in [6.45, 7) is 1.79. The molecule has 1 saturated heterocycles. The Kier molecular flexibility index (Phi) is 2.39. The molecule has 0 aromatic carbocycles. The predicted molar refractivity (Wildman–Crippen MR) is 48.5 cm³/mol. The van der Waals surface area contributed by atoms with E-state index in [2.05, 4.69) is 0 Å². The minimum atomic E-state index is -0.749. The summed E-state index contributed by atoms with van der Waals surface area (Å²) in [5.74, 6) is -0.443. The third kappa shape index (κ3) is 2.02. The van der Waals surface area contributed by atoms with Crippen molar-refractivity contribution in [1.82, 2.24) is 0 Å². The summed E-state index contributed by atoms with van der Waals surface area (Å²) in [5.41, 5.74) is 0. The molecule has 4 heteroatoms. The Balaban J connectivity index is 2.11. The number of carbonyl (C=O) groups excluding carboxylic acids is 1. The molecule has 0 amide bonds. The summed E-state index contributed by atoms with van der Waals surface area (Å²) < 4.78 is 10.3. The van der Waals surface area contributed by atoms with Crippen LogP contribution < -0.4 is 0 Å². The third-order valence-corrected chi connectivity index (χ3v) is 2.25. The number of esters is 1. The molecule has 0 bridgehead atoms. The van der Waals surface area contributed by atoms with Gasteiger partial charge in [0, 0.05) is 6.08 Å². The van der Waals surface area contributed by atoms with Gasteiger partial charge in [0.2, 0.25) is 0 Å². The van der Waals surface area contributed by atoms with Crippen molar-refractivity contribution in [1.29, 1.82) is 0 Å². The van der Waals surface area contributed by atoms with Crippen molar-refractivity contribution in [2.45, 2.75) is 31.3 Å². The van der Waals surface area contributed by atoms with Crippen LogP contribution in [0.15, 0.2) is 24.3 Å². The van der Waals surface area contributed by atoms with Crippen LogP contribution in [0.4, 0.5) is 0 Å². The first-order chi connectivity index (χ1) is 6.66. The first-order valence-electron chi connectivity index (χ1n) is 4.57. The first kappa shape index (κ1) is 9.43. The molecule has 4 nitrogen and oxygen atoms in total. The molecule has 0 aromatic heterocycles. The van der Waals surface area contributed by atoms with Gasteiger partial charge in [-0.15, -0.1) is 0 Å². The quantitative estimate of drug-likeness (QED) is 0.341. The highest BCUT2D eigenvalue weighted by Gasteiger charge is 2.43. The van der Waals surface area contributed by atoms with Gasteiger partial charge in [-0.2, -0.15) is 0 Å². The standard InChI is InChI=1S/C10H12O4/c1-6-10-8(14-10)4-2-7(11)3-5-9(12)13-6/h2-8,10-11H,1H3/b4-2+,5-3-/t6-,7+,8-,10-/m1/s1.